The molecule has 2 aromatic rings. The number of halogens is 3. The zero-order valence-electron chi connectivity index (χ0n) is 19.8. The van der Waals surface area contributed by atoms with Gasteiger partial charge in [0.1, 0.15) is 18.5 Å². The molecule has 0 spiro atoms. The van der Waals surface area contributed by atoms with E-state index < -0.39 is 18.2 Å². The molecule has 0 aliphatic rings. The Hall–Kier alpha value is -3.35. The fourth-order valence-corrected chi connectivity index (χ4v) is 2.69. The summed E-state index contributed by atoms with van der Waals surface area (Å²) in [5.41, 5.74) is 1.73. The van der Waals surface area contributed by atoms with E-state index in [0.717, 1.165) is 12.0 Å². The summed E-state index contributed by atoms with van der Waals surface area (Å²) >= 11 is 0. The molecule has 0 fully saturated rings. The quantitative estimate of drug-likeness (QED) is 0.255. The van der Waals surface area contributed by atoms with Gasteiger partial charge in [-0.2, -0.15) is 13.2 Å². The first-order valence-electron chi connectivity index (χ1n) is 11.2. The molecule has 2 atom stereocenters. The standard InChI is InChI=1S/C22H31N3O4.C2HF3O2/c1-2-12-23-22(28)25-18-10-8-17(9-11-18)13-19(15-26)24-14-20(27)16-29-21-6-4-3-5-7-21;3-2(4,5)1(6)7/h3-11,19-20,24,26-27H,2,12-16H2,1H3,(H2,23,25,28);(H,6,7)/t19-,20-;/m0./s1. The average molecular weight is 516 g/mol. The molecule has 0 saturated heterocycles. The molecular weight excluding hydrogens is 483 g/mol. The van der Waals surface area contributed by atoms with Gasteiger partial charge in [-0.15, -0.1) is 0 Å². The summed E-state index contributed by atoms with van der Waals surface area (Å²) in [6.45, 7) is 3.07. The summed E-state index contributed by atoms with van der Waals surface area (Å²) in [6, 6.07) is 16.4. The number of nitrogens with one attached hydrogen (secondary N) is 3. The van der Waals surface area contributed by atoms with Gasteiger partial charge in [-0.1, -0.05) is 37.3 Å². The van der Waals surface area contributed by atoms with Crippen molar-refractivity contribution in [2.75, 3.05) is 31.6 Å². The number of carboxylic acid groups (broad SMARTS) is 1. The van der Waals surface area contributed by atoms with E-state index in [4.69, 9.17) is 14.6 Å². The highest BCUT2D eigenvalue weighted by Gasteiger charge is 2.38. The molecule has 2 rings (SSSR count). The van der Waals surface area contributed by atoms with Gasteiger partial charge >= 0.3 is 18.2 Å². The maximum atomic E-state index is 11.7. The highest BCUT2D eigenvalue weighted by Crippen LogP contribution is 2.13. The summed E-state index contributed by atoms with van der Waals surface area (Å²) < 4.78 is 37.3. The van der Waals surface area contributed by atoms with Crippen molar-refractivity contribution in [3.05, 3.63) is 60.2 Å². The number of hydrogen-bond acceptors (Lipinski definition) is 6. The van der Waals surface area contributed by atoms with E-state index in [1.165, 1.54) is 0 Å². The van der Waals surface area contributed by atoms with Gasteiger partial charge in [-0.3, -0.25) is 0 Å². The molecule has 2 aromatic carbocycles. The fourth-order valence-electron chi connectivity index (χ4n) is 2.69. The minimum absolute atomic E-state index is 0.0499. The number of alkyl halides is 3. The van der Waals surface area contributed by atoms with Gasteiger partial charge < -0.3 is 36.0 Å². The normalized spacial score (nSPS) is 12.5. The second-order valence-electron chi connectivity index (χ2n) is 7.65. The van der Waals surface area contributed by atoms with Gasteiger partial charge in [0.2, 0.25) is 0 Å². The summed E-state index contributed by atoms with van der Waals surface area (Å²) in [5.74, 6) is -2.05. The monoisotopic (exact) mass is 515 g/mol. The molecular formula is C24H32F3N3O6. The number of urea groups is 1. The number of anilines is 1. The molecule has 0 radical (unpaired) electrons. The largest absolute Gasteiger partial charge is 0.491 e. The third-order valence-electron chi connectivity index (χ3n) is 4.52. The highest BCUT2D eigenvalue weighted by atomic mass is 19.4. The minimum Gasteiger partial charge on any atom is -0.491 e. The van der Waals surface area contributed by atoms with E-state index in [9.17, 15) is 28.2 Å². The topological polar surface area (TPSA) is 140 Å². The second-order valence-corrected chi connectivity index (χ2v) is 7.65. The molecule has 0 aliphatic heterocycles. The molecule has 0 heterocycles. The smallest absolute Gasteiger partial charge is 0.490 e. The third-order valence-corrected chi connectivity index (χ3v) is 4.52. The van der Waals surface area contributed by atoms with E-state index in [2.05, 4.69) is 16.0 Å². The first kappa shape index (κ1) is 30.7. The van der Waals surface area contributed by atoms with E-state index in [-0.39, 0.29) is 25.3 Å². The van der Waals surface area contributed by atoms with Crippen LogP contribution in [0.4, 0.5) is 23.7 Å². The number of ether oxygens (including phenoxy) is 1. The third kappa shape index (κ3) is 13.5. The van der Waals surface area contributed by atoms with Crippen LogP contribution in [0.15, 0.2) is 54.6 Å². The summed E-state index contributed by atoms with van der Waals surface area (Å²) in [7, 11) is 0. The number of para-hydroxylation sites is 1. The van der Waals surface area contributed by atoms with Crippen LogP contribution in [0.25, 0.3) is 0 Å². The van der Waals surface area contributed by atoms with Crippen LogP contribution in [-0.4, -0.2) is 71.9 Å². The average Bonchev–Trinajstić information content (AvgIpc) is 2.85. The Balaban J connectivity index is 0.000000809. The van der Waals surface area contributed by atoms with Crippen molar-refractivity contribution in [2.24, 2.45) is 0 Å². The molecule has 12 heteroatoms. The molecule has 0 unspecified atom stereocenters. The van der Waals surface area contributed by atoms with Crippen LogP contribution < -0.4 is 20.7 Å². The number of aliphatic hydroxyl groups excluding tert-OH is 2. The highest BCUT2D eigenvalue weighted by molar-refractivity contribution is 5.89. The molecule has 0 saturated carbocycles. The Morgan fingerprint density at radius 2 is 1.67 bits per heavy atom. The van der Waals surface area contributed by atoms with Crippen LogP contribution in [0, 0.1) is 0 Å². The number of aliphatic hydroxyl groups is 2. The maximum Gasteiger partial charge on any atom is 0.490 e. The van der Waals surface area contributed by atoms with Crippen molar-refractivity contribution >= 4 is 17.7 Å². The molecule has 0 bridgehead atoms. The first-order chi connectivity index (χ1) is 17.0. The van der Waals surface area contributed by atoms with Crippen molar-refractivity contribution in [3.8, 4) is 5.75 Å². The van der Waals surface area contributed by atoms with Crippen LogP contribution in [0.3, 0.4) is 0 Å². The van der Waals surface area contributed by atoms with Crippen molar-refractivity contribution in [2.45, 2.75) is 38.1 Å². The van der Waals surface area contributed by atoms with Crippen LogP contribution in [-0.2, 0) is 11.2 Å². The van der Waals surface area contributed by atoms with Gasteiger partial charge in [0.05, 0.1) is 6.61 Å². The Morgan fingerprint density at radius 3 is 2.19 bits per heavy atom. The summed E-state index contributed by atoms with van der Waals surface area (Å²) in [6.07, 6.45) is -4.28. The van der Waals surface area contributed by atoms with Gasteiger partial charge in [-0.05, 0) is 42.7 Å². The van der Waals surface area contributed by atoms with Crippen molar-refractivity contribution in [1.29, 1.82) is 0 Å². The number of benzene rings is 2. The maximum absolute atomic E-state index is 11.7. The molecule has 6 N–H and O–H groups in total. The van der Waals surface area contributed by atoms with Gasteiger partial charge in [0.15, 0.2) is 0 Å². The minimum atomic E-state index is -5.08. The van der Waals surface area contributed by atoms with Crippen molar-refractivity contribution in [1.82, 2.24) is 10.6 Å². The number of carbonyl (C=O) groups excluding carboxylic acids is 1. The van der Waals surface area contributed by atoms with E-state index >= 15 is 0 Å². The Bertz CT molecular complexity index is 898. The van der Waals surface area contributed by atoms with Gasteiger partial charge in [0, 0.05) is 24.8 Å². The van der Waals surface area contributed by atoms with Crippen LogP contribution in [0.1, 0.15) is 18.9 Å². The lowest BCUT2D eigenvalue weighted by molar-refractivity contribution is -0.192. The van der Waals surface area contributed by atoms with Gasteiger partial charge in [-0.25, -0.2) is 9.59 Å². The summed E-state index contributed by atoms with van der Waals surface area (Å²) in [4.78, 5) is 20.6. The molecule has 0 aliphatic carbocycles. The number of rotatable bonds is 12. The zero-order valence-corrected chi connectivity index (χ0v) is 19.8. The van der Waals surface area contributed by atoms with E-state index in [0.29, 0.717) is 30.9 Å². The van der Waals surface area contributed by atoms with Crippen molar-refractivity contribution < 1.29 is 42.8 Å². The number of aliphatic carboxylic acids is 1. The summed E-state index contributed by atoms with van der Waals surface area (Å²) in [5, 5.41) is 35.5. The van der Waals surface area contributed by atoms with Crippen LogP contribution in [0.5, 0.6) is 5.75 Å². The predicted molar refractivity (Wildman–Crippen MR) is 128 cm³/mol. The van der Waals surface area contributed by atoms with Crippen LogP contribution in [0.2, 0.25) is 0 Å². The number of carbonyl (C=O) groups is 2. The lowest BCUT2D eigenvalue weighted by Gasteiger charge is -2.19. The van der Waals surface area contributed by atoms with Crippen LogP contribution >= 0.6 is 0 Å². The lowest BCUT2D eigenvalue weighted by Crippen LogP contribution is -2.41. The molecule has 200 valence electrons. The van der Waals surface area contributed by atoms with E-state index in [1.54, 1.807) is 0 Å². The first-order valence-corrected chi connectivity index (χ1v) is 11.2. The van der Waals surface area contributed by atoms with E-state index in [1.807, 2.05) is 61.5 Å². The second kappa shape index (κ2) is 16.3. The Morgan fingerprint density at radius 1 is 1.06 bits per heavy atom. The molecule has 9 nitrogen and oxygen atoms in total. The Kier molecular flexibility index (Phi) is 13.9. The fraction of sp³-hybridized carbons (Fsp3) is 0.417. The zero-order chi connectivity index (χ0) is 27.0. The number of hydrogen-bond donors (Lipinski definition) is 6. The molecule has 36 heavy (non-hydrogen) atoms. The lowest BCUT2D eigenvalue weighted by atomic mass is 10.1. The number of carboxylic acids is 1. The number of amides is 2. The molecule has 2 amide bonds. The SMILES string of the molecule is CCCNC(=O)Nc1ccc(C[C@@H](CO)NC[C@H](O)COc2ccccc2)cc1.O=C(O)C(F)(F)F. The Labute approximate surface area is 207 Å². The predicted octanol–water partition coefficient (Wildman–Crippen LogP) is 2.78. The van der Waals surface area contributed by atoms with Crippen molar-refractivity contribution in [3.63, 3.8) is 0 Å². The molecule has 0 aromatic heterocycles. The van der Waals surface area contributed by atoms with Gasteiger partial charge in [0.25, 0.3) is 0 Å².